The molecule has 0 spiro atoms. The van der Waals surface area contributed by atoms with E-state index in [1.54, 1.807) is 24.1 Å². The first-order valence-electron chi connectivity index (χ1n) is 9.16. The van der Waals surface area contributed by atoms with Crippen LogP contribution in [0.4, 0.5) is 16.2 Å². The number of amides is 2. The molecular weight excluding hydrogens is 344 g/mol. The highest BCUT2D eigenvalue weighted by Gasteiger charge is 2.23. The molecule has 2 aromatic rings. The highest BCUT2D eigenvalue weighted by atomic mass is 16.5. The number of anilines is 2. The maximum atomic E-state index is 12.7. The number of urea groups is 1. The van der Waals surface area contributed by atoms with Crippen molar-refractivity contribution in [3.8, 4) is 11.6 Å². The molecule has 3 rings (SSSR count). The lowest BCUT2D eigenvalue weighted by Crippen LogP contribution is -2.50. The average Bonchev–Trinajstić information content (AvgIpc) is 2.68. The Bertz CT molecular complexity index is 817. The van der Waals surface area contributed by atoms with E-state index in [0.717, 1.165) is 23.4 Å². The van der Waals surface area contributed by atoms with Crippen molar-refractivity contribution in [1.82, 2.24) is 9.88 Å². The van der Waals surface area contributed by atoms with E-state index in [9.17, 15) is 9.90 Å². The molecule has 1 saturated heterocycles. The molecule has 0 unspecified atom stereocenters. The van der Waals surface area contributed by atoms with E-state index in [1.165, 1.54) is 0 Å². The fourth-order valence-electron chi connectivity index (χ4n) is 3.29. The van der Waals surface area contributed by atoms with Crippen LogP contribution in [0.2, 0.25) is 0 Å². The maximum Gasteiger partial charge on any atom is 0.322 e. The minimum absolute atomic E-state index is 0.158. The van der Waals surface area contributed by atoms with Crippen LogP contribution < -0.4 is 15.0 Å². The van der Waals surface area contributed by atoms with Crippen molar-refractivity contribution in [2.24, 2.45) is 0 Å². The number of hydrogen-bond donors (Lipinski definition) is 2. The minimum Gasteiger partial charge on any atom is -0.508 e. The molecule has 0 saturated carbocycles. The van der Waals surface area contributed by atoms with Crippen molar-refractivity contribution in [2.75, 3.05) is 43.5 Å². The number of phenols is 1. The number of carbonyl (C=O) groups is 1. The third-order valence-corrected chi connectivity index (χ3v) is 4.81. The van der Waals surface area contributed by atoms with E-state index in [2.05, 4.69) is 15.2 Å². The van der Waals surface area contributed by atoms with Gasteiger partial charge in [-0.05, 0) is 37.1 Å². The number of phenolic OH excluding ortho intramolecular Hbond substituents is 1. The lowest BCUT2D eigenvalue weighted by atomic mass is 10.1. The van der Waals surface area contributed by atoms with Gasteiger partial charge in [0.1, 0.15) is 11.4 Å². The van der Waals surface area contributed by atoms with Crippen LogP contribution >= 0.6 is 0 Å². The largest absolute Gasteiger partial charge is 0.508 e. The number of methoxy groups -OCH3 is 1. The van der Waals surface area contributed by atoms with Crippen molar-refractivity contribution < 1.29 is 14.6 Å². The van der Waals surface area contributed by atoms with Crippen LogP contribution in [0.3, 0.4) is 0 Å². The van der Waals surface area contributed by atoms with Crippen molar-refractivity contribution in [1.29, 1.82) is 0 Å². The zero-order chi connectivity index (χ0) is 19.4. The third kappa shape index (κ3) is 4.24. The summed E-state index contributed by atoms with van der Waals surface area (Å²) in [5, 5.41) is 12.6. The summed E-state index contributed by atoms with van der Waals surface area (Å²) in [5.74, 6) is 0.683. The van der Waals surface area contributed by atoms with Crippen LogP contribution in [0.1, 0.15) is 18.2 Å². The molecule has 1 fully saturated rings. The zero-order valence-corrected chi connectivity index (χ0v) is 16.0. The molecule has 1 aliphatic heterocycles. The van der Waals surface area contributed by atoms with Crippen LogP contribution in [0, 0.1) is 6.92 Å². The zero-order valence-electron chi connectivity index (χ0n) is 16.0. The molecule has 1 aromatic heterocycles. The van der Waals surface area contributed by atoms with Crippen molar-refractivity contribution >= 4 is 17.4 Å². The molecule has 7 heteroatoms. The molecule has 144 valence electrons. The molecule has 2 amide bonds. The Morgan fingerprint density at radius 1 is 1.26 bits per heavy atom. The summed E-state index contributed by atoms with van der Waals surface area (Å²) in [6.07, 6.45) is 0.813. The van der Waals surface area contributed by atoms with Gasteiger partial charge in [0.15, 0.2) is 0 Å². The first-order valence-corrected chi connectivity index (χ1v) is 9.16. The number of benzene rings is 1. The first kappa shape index (κ1) is 18.8. The SMILES string of the molecule is CCc1nc(OC)c(NC(=O)N2CCN(c3cccc(O)c3)CC2)cc1C. The van der Waals surface area contributed by atoms with Gasteiger partial charge in [-0.25, -0.2) is 9.78 Å². The van der Waals surface area contributed by atoms with Gasteiger partial charge in [-0.3, -0.25) is 0 Å². The maximum absolute atomic E-state index is 12.7. The van der Waals surface area contributed by atoms with Crippen LogP contribution in [0.25, 0.3) is 0 Å². The molecule has 0 bridgehead atoms. The number of pyridine rings is 1. The van der Waals surface area contributed by atoms with Gasteiger partial charge >= 0.3 is 6.03 Å². The predicted molar refractivity (Wildman–Crippen MR) is 106 cm³/mol. The number of hydrogen-bond acceptors (Lipinski definition) is 5. The summed E-state index contributed by atoms with van der Waals surface area (Å²) in [4.78, 5) is 21.1. The number of ether oxygens (including phenoxy) is 1. The summed E-state index contributed by atoms with van der Waals surface area (Å²) < 4.78 is 5.34. The highest BCUT2D eigenvalue weighted by molar-refractivity contribution is 5.91. The average molecular weight is 370 g/mol. The smallest absolute Gasteiger partial charge is 0.322 e. The van der Waals surface area contributed by atoms with Crippen molar-refractivity contribution in [2.45, 2.75) is 20.3 Å². The van der Waals surface area contributed by atoms with Gasteiger partial charge in [0.05, 0.1) is 7.11 Å². The number of carbonyl (C=O) groups excluding carboxylic acids is 1. The number of piperazine rings is 1. The first-order chi connectivity index (χ1) is 13.0. The van der Waals surface area contributed by atoms with Crippen molar-refractivity contribution in [3.05, 3.63) is 41.6 Å². The Hall–Kier alpha value is -2.96. The Kier molecular flexibility index (Phi) is 5.69. The molecule has 7 nitrogen and oxygen atoms in total. The molecule has 1 aliphatic rings. The van der Waals surface area contributed by atoms with Gasteiger partial charge in [0.25, 0.3) is 0 Å². The number of aryl methyl sites for hydroxylation is 2. The molecule has 2 N–H and O–H groups in total. The van der Waals surface area contributed by atoms with Crippen LogP contribution in [-0.4, -0.2) is 54.3 Å². The Balaban J connectivity index is 1.64. The minimum atomic E-state index is -0.158. The quantitative estimate of drug-likeness (QED) is 0.865. The van der Waals surface area contributed by atoms with Gasteiger partial charge in [-0.2, -0.15) is 0 Å². The van der Waals surface area contributed by atoms with Crippen LogP contribution in [0.5, 0.6) is 11.6 Å². The van der Waals surface area contributed by atoms with Crippen LogP contribution in [-0.2, 0) is 6.42 Å². The van der Waals surface area contributed by atoms with Gasteiger partial charge in [0.2, 0.25) is 5.88 Å². The van der Waals surface area contributed by atoms with E-state index in [-0.39, 0.29) is 11.8 Å². The third-order valence-electron chi connectivity index (χ3n) is 4.81. The van der Waals surface area contributed by atoms with E-state index >= 15 is 0 Å². The van der Waals surface area contributed by atoms with E-state index in [1.807, 2.05) is 32.0 Å². The van der Waals surface area contributed by atoms with Gasteiger partial charge < -0.3 is 25.0 Å². The van der Waals surface area contributed by atoms with Crippen LogP contribution in [0.15, 0.2) is 30.3 Å². The number of aromatic nitrogens is 1. The van der Waals surface area contributed by atoms with Gasteiger partial charge in [-0.1, -0.05) is 13.0 Å². The topological polar surface area (TPSA) is 77.9 Å². The molecular formula is C20H26N4O3. The second-order valence-electron chi connectivity index (χ2n) is 6.59. The number of nitrogens with one attached hydrogen (secondary N) is 1. The lowest BCUT2D eigenvalue weighted by molar-refractivity contribution is 0.208. The molecule has 0 aliphatic carbocycles. The Morgan fingerprint density at radius 2 is 2.00 bits per heavy atom. The number of nitrogens with zero attached hydrogens (tertiary/aromatic N) is 3. The molecule has 2 heterocycles. The van der Waals surface area contributed by atoms with Gasteiger partial charge in [-0.15, -0.1) is 0 Å². The second kappa shape index (κ2) is 8.16. The molecule has 0 radical (unpaired) electrons. The van der Waals surface area contributed by atoms with E-state index in [4.69, 9.17) is 4.74 Å². The molecule has 1 aromatic carbocycles. The monoisotopic (exact) mass is 370 g/mol. The number of aromatic hydroxyl groups is 1. The summed E-state index contributed by atoms with van der Waals surface area (Å²) in [6, 6.07) is 8.93. The predicted octanol–water partition coefficient (Wildman–Crippen LogP) is 3.02. The van der Waals surface area contributed by atoms with Gasteiger partial charge in [0, 0.05) is 43.6 Å². The fourth-order valence-corrected chi connectivity index (χ4v) is 3.29. The van der Waals surface area contributed by atoms with E-state index in [0.29, 0.717) is 37.7 Å². The molecule has 0 atom stereocenters. The second-order valence-corrected chi connectivity index (χ2v) is 6.59. The summed E-state index contributed by atoms with van der Waals surface area (Å²) >= 11 is 0. The van der Waals surface area contributed by atoms with Crippen molar-refractivity contribution in [3.63, 3.8) is 0 Å². The lowest BCUT2D eigenvalue weighted by Gasteiger charge is -2.36. The number of rotatable bonds is 4. The highest BCUT2D eigenvalue weighted by Crippen LogP contribution is 2.26. The Labute approximate surface area is 159 Å². The standard InChI is InChI=1S/C20H26N4O3/c1-4-17-14(2)12-18(19(21-17)27-3)22-20(26)24-10-8-23(9-11-24)15-6-5-7-16(25)13-15/h5-7,12-13,25H,4,8-11H2,1-3H3,(H,22,26). The fraction of sp³-hybridized carbons (Fsp3) is 0.400. The Morgan fingerprint density at radius 3 is 2.63 bits per heavy atom. The summed E-state index contributed by atoms with van der Waals surface area (Å²) in [7, 11) is 1.56. The summed E-state index contributed by atoms with van der Waals surface area (Å²) in [5.41, 5.74) is 3.55. The normalized spacial score (nSPS) is 14.2. The summed E-state index contributed by atoms with van der Waals surface area (Å²) in [6.45, 7) is 6.64. The van der Waals surface area contributed by atoms with E-state index < -0.39 is 0 Å². The molecule has 27 heavy (non-hydrogen) atoms.